The molecule has 2 N–H and O–H groups in total. The van der Waals surface area contributed by atoms with Crippen molar-refractivity contribution in [1.82, 2.24) is 15.0 Å². The Hall–Kier alpha value is -0.940. The van der Waals surface area contributed by atoms with Crippen molar-refractivity contribution in [2.24, 2.45) is 0 Å². The zero-order chi connectivity index (χ0) is 9.19. The van der Waals surface area contributed by atoms with Crippen molar-refractivity contribution in [3.63, 3.8) is 0 Å². The third-order valence-electron chi connectivity index (χ3n) is 1.49. The smallest absolute Gasteiger partial charge is 0.114 e. The predicted octanol–water partition coefficient (Wildman–Crippen LogP) is -0.502. The second-order valence-corrected chi connectivity index (χ2v) is 3.15. The molecule has 0 fully saturated rings. The van der Waals surface area contributed by atoms with E-state index in [9.17, 15) is 5.11 Å². The fourth-order valence-electron chi connectivity index (χ4n) is 0.790. The zero-order valence-electron chi connectivity index (χ0n) is 7.23. The average Bonchev–Trinajstić information content (AvgIpc) is 2.35. The third kappa shape index (κ3) is 2.02. The quantitative estimate of drug-likeness (QED) is 0.643. The Labute approximate surface area is 70.6 Å². The fraction of sp³-hybridized carbons (Fsp3) is 0.714. The van der Waals surface area contributed by atoms with Crippen LogP contribution in [-0.4, -0.2) is 31.8 Å². The zero-order valence-corrected chi connectivity index (χ0v) is 7.23. The highest BCUT2D eigenvalue weighted by molar-refractivity contribution is 5.02. The van der Waals surface area contributed by atoms with Gasteiger partial charge in [0.15, 0.2) is 0 Å². The van der Waals surface area contributed by atoms with E-state index in [2.05, 4.69) is 10.3 Å². The molecule has 0 saturated carbocycles. The van der Waals surface area contributed by atoms with Crippen LogP contribution in [0.15, 0.2) is 6.20 Å². The summed E-state index contributed by atoms with van der Waals surface area (Å²) in [6, 6.07) is 0. The fourth-order valence-corrected chi connectivity index (χ4v) is 0.790. The Bertz CT molecular complexity index is 251. The number of hydrogen-bond donors (Lipinski definition) is 2. The first kappa shape index (κ1) is 9.15. The van der Waals surface area contributed by atoms with Gasteiger partial charge in [-0.2, -0.15) is 0 Å². The van der Waals surface area contributed by atoms with Gasteiger partial charge in [0.05, 0.1) is 19.3 Å². The van der Waals surface area contributed by atoms with Gasteiger partial charge in [-0.25, -0.2) is 4.68 Å². The van der Waals surface area contributed by atoms with Crippen molar-refractivity contribution in [3.8, 4) is 0 Å². The molecule has 0 amide bonds. The molecule has 0 aliphatic rings. The molecule has 5 nitrogen and oxygen atoms in total. The minimum absolute atomic E-state index is 0.0225. The molecule has 0 saturated heterocycles. The van der Waals surface area contributed by atoms with Crippen LogP contribution in [0.2, 0.25) is 0 Å². The molecule has 1 aromatic heterocycles. The Balaban J connectivity index is 2.77. The lowest BCUT2D eigenvalue weighted by molar-refractivity contribution is 0.0737. The van der Waals surface area contributed by atoms with E-state index in [1.807, 2.05) is 0 Å². The Morgan fingerprint density at radius 2 is 2.25 bits per heavy atom. The normalized spacial score (nSPS) is 12.0. The van der Waals surface area contributed by atoms with Gasteiger partial charge in [-0.1, -0.05) is 5.21 Å². The van der Waals surface area contributed by atoms with E-state index in [1.165, 1.54) is 4.68 Å². The second-order valence-electron chi connectivity index (χ2n) is 3.15. The molecule has 5 heteroatoms. The highest BCUT2D eigenvalue weighted by atomic mass is 16.3. The molecule has 12 heavy (non-hydrogen) atoms. The maximum atomic E-state index is 9.49. The summed E-state index contributed by atoms with van der Waals surface area (Å²) in [6.45, 7) is 3.71. The topological polar surface area (TPSA) is 71.2 Å². The summed E-state index contributed by atoms with van der Waals surface area (Å²) in [5.74, 6) is 0. The number of rotatable bonds is 3. The lowest BCUT2D eigenvalue weighted by atomic mass is 10.1. The van der Waals surface area contributed by atoms with Crippen LogP contribution in [0.1, 0.15) is 19.5 Å². The van der Waals surface area contributed by atoms with Gasteiger partial charge in [0.1, 0.15) is 11.3 Å². The van der Waals surface area contributed by atoms with Crippen LogP contribution in [0, 0.1) is 0 Å². The predicted molar refractivity (Wildman–Crippen MR) is 42.4 cm³/mol. The van der Waals surface area contributed by atoms with Crippen molar-refractivity contribution in [3.05, 3.63) is 11.9 Å². The molecule has 0 aliphatic carbocycles. The molecule has 0 bridgehead atoms. The molecular weight excluding hydrogens is 158 g/mol. The molecule has 1 rings (SSSR count). The summed E-state index contributed by atoms with van der Waals surface area (Å²) in [6.07, 6.45) is 1.62. The van der Waals surface area contributed by atoms with Crippen LogP contribution < -0.4 is 0 Å². The Morgan fingerprint density at radius 3 is 2.67 bits per heavy atom. The molecule has 0 unspecified atom stereocenters. The SMILES string of the molecule is CC(C)(O)c1cn(CCO)nn1. The van der Waals surface area contributed by atoms with E-state index in [4.69, 9.17) is 5.11 Å². The summed E-state index contributed by atoms with van der Waals surface area (Å²) in [5, 5.41) is 25.5. The number of aliphatic hydroxyl groups is 2. The largest absolute Gasteiger partial charge is 0.394 e. The minimum Gasteiger partial charge on any atom is -0.394 e. The van der Waals surface area contributed by atoms with Crippen LogP contribution in [0.25, 0.3) is 0 Å². The van der Waals surface area contributed by atoms with E-state index >= 15 is 0 Å². The lowest BCUT2D eigenvalue weighted by Crippen LogP contribution is -2.15. The molecule has 0 spiro atoms. The van der Waals surface area contributed by atoms with E-state index in [0.717, 1.165) is 0 Å². The minimum atomic E-state index is -0.965. The number of aromatic nitrogens is 3. The first-order valence-corrected chi connectivity index (χ1v) is 3.78. The lowest BCUT2D eigenvalue weighted by Gasteiger charge is -2.11. The third-order valence-corrected chi connectivity index (χ3v) is 1.49. The van der Waals surface area contributed by atoms with Crippen molar-refractivity contribution in [2.45, 2.75) is 26.0 Å². The summed E-state index contributed by atoms with van der Waals surface area (Å²) in [4.78, 5) is 0. The number of aliphatic hydroxyl groups excluding tert-OH is 1. The van der Waals surface area contributed by atoms with Crippen LogP contribution in [0.3, 0.4) is 0 Å². The Morgan fingerprint density at radius 1 is 1.58 bits per heavy atom. The average molecular weight is 171 g/mol. The van der Waals surface area contributed by atoms with Crippen molar-refractivity contribution < 1.29 is 10.2 Å². The van der Waals surface area contributed by atoms with Crippen molar-refractivity contribution in [1.29, 1.82) is 0 Å². The highest BCUT2D eigenvalue weighted by Crippen LogP contribution is 2.15. The molecule has 1 heterocycles. The maximum Gasteiger partial charge on any atom is 0.114 e. The monoisotopic (exact) mass is 171 g/mol. The van der Waals surface area contributed by atoms with E-state index < -0.39 is 5.60 Å². The Kier molecular flexibility index (Phi) is 2.44. The standard InChI is InChI=1S/C7H13N3O2/c1-7(2,12)6-5-10(3-4-11)9-8-6/h5,11-12H,3-4H2,1-2H3. The first-order chi connectivity index (χ1) is 5.54. The van der Waals surface area contributed by atoms with Gasteiger partial charge in [-0.3, -0.25) is 0 Å². The number of hydrogen-bond acceptors (Lipinski definition) is 4. The molecular formula is C7H13N3O2. The van der Waals surface area contributed by atoms with E-state index in [1.54, 1.807) is 20.0 Å². The van der Waals surface area contributed by atoms with Gasteiger partial charge in [0, 0.05) is 0 Å². The van der Waals surface area contributed by atoms with Gasteiger partial charge in [0.2, 0.25) is 0 Å². The van der Waals surface area contributed by atoms with Gasteiger partial charge in [0.25, 0.3) is 0 Å². The van der Waals surface area contributed by atoms with E-state index in [-0.39, 0.29) is 6.61 Å². The molecule has 0 atom stereocenters. The second kappa shape index (κ2) is 3.20. The summed E-state index contributed by atoms with van der Waals surface area (Å²) < 4.78 is 1.49. The van der Waals surface area contributed by atoms with Crippen LogP contribution >= 0.6 is 0 Å². The van der Waals surface area contributed by atoms with Crippen LogP contribution in [0.4, 0.5) is 0 Å². The van der Waals surface area contributed by atoms with Gasteiger partial charge >= 0.3 is 0 Å². The first-order valence-electron chi connectivity index (χ1n) is 3.78. The molecule has 0 radical (unpaired) electrons. The van der Waals surface area contributed by atoms with E-state index in [0.29, 0.717) is 12.2 Å². The van der Waals surface area contributed by atoms with Crippen molar-refractivity contribution in [2.75, 3.05) is 6.61 Å². The maximum absolute atomic E-state index is 9.49. The summed E-state index contributed by atoms with van der Waals surface area (Å²) in [7, 11) is 0. The molecule has 0 aromatic carbocycles. The summed E-state index contributed by atoms with van der Waals surface area (Å²) in [5.41, 5.74) is -0.454. The van der Waals surface area contributed by atoms with Gasteiger partial charge < -0.3 is 10.2 Å². The highest BCUT2D eigenvalue weighted by Gasteiger charge is 2.19. The van der Waals surface area contributed by atoms with Crippen LogP contribution in [-0.2, 0) is 12.1 Å². The number of nitrogens with zero attached hydrogens (tertiary/aromatic N) is 3. The van der Waals surface area contributed by atoms with Gasteiger partial charge in [-0.15, -0.1) is 5.10 Å². The molecule has 0 aliphatic heterocycles. The molecule has 1 aromatic rings. The van der Waals surface area contributed by atoms with Crippen LogP contribution in [0.5, 0.6) is 0 Å². The van der Waals surface area contributed by atoms with Crippen molar-refractivity contribution >= 4 is 0 Å². The van der Waals surface area contributed by atoms with Gasteiger partial charge in [-0.05, 0) is 13.8 Å². The summed E-state index contributed by atoms with van der Waals surface area (Å²) >= 11 is 0. The molecule has 68 valence electrons.